The lowest BCUT2D eigenvalue weighted by Gasteiger charge is -2.02. The molecule has 0 saturated carbocycles. The molecule has 17 heavy (non-hydrogen) atoms. The molecule has 1 aromatic heterocycles. The summed E-state index contributed by atoms with van der Waals surface area (Å²) in [6, 6.07) is 9.56. The highest BCUT2D eigenvalue weighted by Gasteiger charge is 2.13. The average Bonchev–Trinajstić information content (AvgIpc) is 2.59. The molecule has 3 nitrogen and oxygen atoms in total. The first-order valence-electron chi connectivity index (χ1n) is 4.97. The van der Waals surface area contributed by atoms with E-state index in [1.165, 1.54) is 0 Å². The van der Waals surface area contributed by atoms with Gasteiger partial charge in [-0.15, -0.1) is 0 Å². The number of nitriles is 1. The quantitative estimate of drug-likeness (QED) is 0.851. The first kappa shape index (κ1) is 12.2. The molecule has 0 bridgehead atoms. The molecule has 0 aliphatic rings. The molecule has 5 heteroatoms. The monoisotopic (exact) mass is 309 g/mol. The summed E-state index contributed by atoms with van der Waals surface area (Å²) in [5.74, 6) is 0.818. The smallest absolute Gasteiger partial charge is 0.140 e. The average molecular weight is 311 g/mol. The molecule has 0 saturated heterocycles. The van der Waals surface area contributed by atoms with Crippen LogP contribution in [0.5, 0.6) is 0 Å². The van der Waals surface area contributed by atoms with Crippen molar-refractivity contribution < 1.29 is 0 Å². The van der Waals surface area contributed by atoms with Crippen LogP contribution in [0.4, 0.5) is 0 Å². The summed E-state index contributed by atoms with van der Waals surface area (Å²) in [6.45, 7) is 0. The standard InChI is InChI=1S/C12H9BrClN3/c1-17-11(13)10(6-7-15)16-12(17)8-2-4-9(14)5-3-8/h2-5H,6H2,1H3. The van der Waals surface area contributed by atoms with Gasteiger partial charge in [0.05, 0.1) is 18.2 Å². The Hall–Kier alpha value is -1.31. The summed E-state index contributed by atoms with van der Waals surface area (Å²) >= 11 is 9.28. The molecule has 0 unspecified atom stereocenters. The molecule has 0 aliphatic carbocycles. The van der Waals surface area contributed by atoms with Gasteiger partial charge in [-0.25, -0.2) is 4.98 Å². The molecule has 0 aliphatic heterocycles. The van der Waals surface area contributed by atoms with E-state index in [1.807, 2.05) is 35.9 Å². The molecule has 2 rings (SSSR count). The minimum Gasteiger partial charge on any atom is -0.322 e. The lowest BCUT2D eigenvalue weighted by Crippen LogP contribution is -1.92. The van der Waals surface area contributed by atoms with Gasteiger partial charge in [-0.1, -0.05) is 11.6 Å². The lowest BCUT2D eigenvalue weighted by molar-refractivity contribution is 0.898. The van der Waals surface area contributed by atoms with Crippen LogP contribution in [0.1, 0.15) is 5.69 Å². The third kappa shape index (κ3) is 2.36. The van der Waals surface area contributed by atoms with Crippen LogP contribution >= 0.6 is 27.5 Å². The van der Waals surface area contributed by atoms with E-state index in [4.69, 9.17) is 16.9 Å². The van der Waals surface area contributed by atoms with E-state index in [0.29, 0.717) is 11.4 Å². The highest BCUT2D eigenvalue weighted by Crippen LogP contribution is 2.26. The van der Waals surface area contributed by atoms with Crippen molar-refractivity contribution in [3.05, 3.63) is 39.6 Å². The third-order valence-corrected chi connectivity index (χ3v) is 3.68. The summed E-state index contributed by atoms with van der Waals surface area (Å²) in [6.07, 6.45) is 0.294. The second-order valence-electron chi connectivity index (χ2n) is 3.57. The van der Waals surface area contributed by atoms with E-state index >= 15 is 0 Å². The van der Waals surface area contributed by atoms with Gasteiger partial charge in [0, 0.05) is 17.6 Å². The first-order chi connectivity index (χ1) is 8.13. The Bertz CT molecular complexity index is 581. The van der Waals surface area contributed by atoms with E-state index in [-0.39, 0.29) is 0 Å². The molecule has 0 radical (unpaired) electrons. The van der Waals surface area contributed by atoms with E-state index in [2.05, 4.69) is 27.0 Å². The summed E-state index contributed by atoms with van der Waals surface area (Å²) < 4.78 is 2.75. The van der Waals surface area contributed by atoms with Crippen LogP contribution in [-0.4, -0.2) is 9.55 Å². The molecular formula is C12H9BrClN3. The Kier molecular flexibility index (Phi) is 3.51. The van der Waals surface area contributed by atoms with Crippen LogP contribution in [0.15, 0.2) is 28.9 Å². The Morgan fingerprint density at radius 2 is 2.06 bits per heavy atom. The Labute approximate surface area is 113 Å². The predicted molar refractivity (Wildman–Crippen MR) is 70.7 cm³/mol. The van der Waals surface area contributed by atoms with E-state index < -0.39 is 0 Å². The van der Waals surface area contributed by atoms with Crippen molar-refractivity contribution >= 4 is 27.5 Å². The minimum atomic E-state index is 0.294. The fraction of sp³-hybridized carbons (Fsp3) is 0.167. The molecule has 2 aromatic rings. The predicted octanol–water partition coefficient (Wildman–Crippen LogP) is 3.57. The molecule has 0 fully saturated rings. The maximum absolute atomic E-state index is 8.71. The second-order valence-corrected chi connectivity index (χ2v) is 4.76. The van der Waals surface area contributed by atoms with Crippen molar-refractivity contribution in [1.82, 2.24) is 9.55 Å². The van der Waals surface area contributed by atoms with Gasteiger partial charge in [0.2, 0.25) is 0 Å². The molecule has 0 spiro atoms. The minimum absolute atomic E-state index is 0.294. The number of hydrogen-bond donors (Lipinski definition) is 0. The van der Waals surface area contributed by atoms with Gasteiger partial charge in [0.1, 0.15) is 10.4 Å². The first-order valence-corrected chi connectivity index (χ1v) is 6.14. The number of imidazole rings is 1. The largest absolute Gasteiger partial charge is 0.322 e. The zero-order valence-corrected chi connectivity index (χ0v) is 11.5. The van der Waals surface area contributed by atoms with Gasteiger partial charge in [-0.05, 0) is 40.2 Å². The van der Waals surface area contributed by atoms with E-state index in [0.717, 1.165) is 21.7 Å². The summed E-state index contributed by atoms with van der Waals surface area (Å²) in [4.78, 5) is 4.45. The maximum Gasteiger partial charge on any atom is 0.140 e. The van der Waals surface area contributed by atoms with Gasteiger partial charge in [-0.2, -0.15) is 5.26 Å². The van der Waals surface area contributed by atoms with Crippen molar-refractivity contribution in [3.8, 4) is 17.5 Å². The second kappa shape index (κ2) is 4.91. The fourth-order valence-electron chi connectivity index (χ4n) is 1.58. The molecule has 0 N–H and O–H groups in total. The van der Waals surface area contributed by atoms with Crippen LogP contribution < -0.4 is 0 Å². The molecule has 1 heterocycles. The van der Waals surface area contributed by atoms with Crippen molar-refractivity contribution in [3.63, 3.8) is 0 Å². The zero-order valence-electron chi connectivity index (χ0n) is 9.11. The van der Waals surface area contributed by atoms with Gasteiger partial charge in [0.25, 0.3) is 0 Å². The van der Waals surface area contributed by atoms with Crippen molar-refractivity contribution in [2.75, 3.05) is 0 Å². The van der Waals surface area contributed by atoms with Crippen LogP contribution in [0, 0.1) is 11.3 Å². The van der Waals surface area contributed by atoms with Gasteiger partial charge in [0.15, 0.2) is 0 Å². The van der Waals surface area contributed by atoms with Gasteiger partial charge < -0.3 is 4.57 Å². The molecule has 0 amide bonds. The highest BCUT2D eigenvalue weighted by molar-refractivity contribution is 9.10. The topological polar surface area (TPSA) is 41.6 Å². The Balaban J connectivity index is 2.49. The fourth-order valence-corrected chi connectivity index (χ4v) is 2.10. The van der Waals surface area contributed by atoms with Crippen LogP contribution in [0.2, 0.25) is 5.02 Å². The molecule has 86 valence electrons. The number of rotatable bonds is 2. The highest BCUT2D eigenvalue weighted by atomic mass is 79.9. The third-order valence-electron chi connectivity index (χ3n) is 2.44. The Morgan fingerprint density at radius 3 is 2.65 bits per heavy atom. The summed E-state index contributed by atoms with van der Waals surface area (Å²) in [5, 5.41) is 9.41. The van der Waals surface area contributed by atoms with E-state index in [1.54, 1.807) is 0 Å². The SMILES string of the molecule is Cn1c(-c2ccc(Cl)cc2)nc(CC#N)c1Br. The number of aromatic nitrogens is 2. The number of nitrogens with zero attached hydrogens (tertiary/aromatic N) is 3. The summed E-state index contributed by atoms with van der Waals surface area (Å²) in [7, 11) is 1.90. The molecular weight excluding hydrogens is 302 g/mol. The zero-order chi connectivity index (χ0) is 12.4. The van der Waals surface area contributed by atoms with Crippen molar-refractivity contribution in [2.24, 2.45) is 7.05 Å². The van der Waals surface area contributed by atoms with Crippen LogP contribution in [0.25, 0.3) is 11.4 Å². The number of hydrogen-bond acceptors (Lipinski definition) is 2. The molecule has 0 atom stereocenters. The lowest BCUT2D eigenvalue weighted by atomic mass is 10.2. The van der Waals surface area contributed by atoms with Crippen LogP contribution in [-0.2, 0) is 13.5 Å². The van der Waals surface area contributed by atoms with Gasteiger partial charge >= 0.3 is 0 Å². The number of benzene rings is 1. The van der Waals surface area contributed by atoms with Crippen molar-refractivity contribution in [1.29, 1.82) is 5.26 Å². The summed E-state index contributed by atoms with van der Waals surface area (Å²) in [5.41, 5.74) is 1.72. The van der Waals surface area contributed by atoms with Gasteiger partial charge in [-0.3, -0.25) is 0 Å². The normalized spacial score (nSPS) is 10.2. The number of halogens is 2. The maximum atomic E-state index is 8.71. The van der Waals surface area contributed by atoms with Crippen molar-refractivity contribution in [2.45, 2.75) is 6.42 Å². The van der Waals surface area contributed by atoms with E-state index in [9.17, 15) is 0 Å². The van der Waals surface area contributed by atoms with Crippen LogP contribution in [0.3, 0.4) is 0 Å². The Morgan fingerprint density at radius 1 is 1.41 bits per heavy atom. The molecule has 1 aromatic carbocycles.